The van der Waals surface area contributed by atoms with Crippen LogP contribution in [0.2, 0.25) is 0 Å². The molecule has 0 radical (unpaired) electrons. The molecule has 104 valence electrons. The maximum Gasteiger partial charge on any atom is 0.313 e. The van der Waals surface area contributed by atoms with Gasteiger partial charge in [-0.05, 0) is 6.07 Å². The van der Waals surface area contributed by atoms with Crippen LogP contribution in [0.4, 0.5) is 11.4 Å². The fourth-order valence-corrected chi connectivity index (χ4v) is 1.92. The van der Waals surface area contributed by atoms with Gasteiger partial charge in [-0.3, -0.25) is 20.2 Å². The minimum atomic E-state index is -0.554. The van der Waals surface area contributed by atoms with Gasteiger partial charge in [0.05, 0.1) is 9.85 Å². The Hall–Kier alpha value is -3.36. The SMILES string of the molecule is O=[N+]([O-])c1cccc(-c2nc3c([N+](=O)[O-])cccn3n2)c1. The maximum atomic E-state index is 10.9. The van der Waals surface area contributed by atoms with E-state index in [2.05, 4.69) is 10.1 Å². The number of benzene rings is 1. The fourth-order valence-electron chi connectivity index (χ4n) is 1.92. The zero-order chi connectivity index (χ0) is 15.0. The Morgan fingerprint density at radius 2 is 1.86 bits per heavy atom. The van der Waals surface area contributed by atoms with Crippen LogP contribution < -0.4 is 0 Å². The lowest BCUT2D eigenvalue weighted by Gasteiger charge is -1.94. The molecule has 2 heterocycles. The summed E-state index contributed by atoms with van der Waals surface area (Å²) >= 11 is 0. The van der Waals surface area contributed by atoms with Gasteiger partial charge in [0.15, 0.2) is 5.82 Å². The minimum Gasteiger partial charge on any atom is -0.258 e. The van der Waals surface area contributed by atoms with Crippen LogP contribution in [0.1, 0.15) is 0 Å². The van der Waals surface area contributed by atoms with E-state index in [4.69, 9.17) is 0 Å². The predicted molar refractivity (Wildman–Crippen MR) is 71.7 cm³/mol. The summed E-state index contributed by atoms with van der Waals surface area (Å²) in [5.41, 5.74) is 0.230. The molecule has 1 aromatic carbocycles. The van der Waals surface area contributed by atoms with Crippen molar-refractivity contribution >= 4 is 17.0 Å². The molecule has 0 N–H and O–H groups in total. The van der Waals surface area contributed by atoms with Crippen molar-refractivity contribution < 1.29 is 9.85 Å². The summed E-state index contributed by atoms with van der Waals surface area (Å²) in [6.45, 7) is 0. The van der Waals surface area contributed by atoms with Crippen molar-refractivity contribution in [1.29, 1.82) is 0 Å². The number of hydrogen-bond donors (Lipinski definition) is 0. The largest absolute Gasteiger partial charge is 0.313 e. The monoisotopic (exact) mass is 285 g/mol. The Morgan fingerprint density at radius 1 is 1.05 bits per heavy atom. The van der Waals surface area contributed by atoms with E-state index >= 15 is 0 Å². The van der Waals surface area contributed by atoms with Crippen molar-refractivity contribution in [3.63, 3.8) is 0 Å². The van der Waals surface area contributed by atoms with E-state index in [0.29, 0.717) is 5.56 Å². The molecule has 0 bridgehead atoms. The lowest BCUT2D eigenvalue weighted by molar-refractivity contribution is -0.384. The molecule has 9 nitrogen and oxygen atoms in total. The molecule has 0 aliphatic heterocycles. The Morgan fingerprint density at radius 3 is 2.57 bits per heavy atom. The van der Waals surface area contributed by atoms with Gasteiger partial charge in [0, 0.05) is 30.0 Å². The third-order valence-corrected chi connectivity index (χ3v) is 2.85. The standard InChI is InChI=1S/C12H7N5O4/c18-16(19)9-4-1-3-8(7-9)11-13-12-10(17(20)21)5-2-6-15(12)14-11/h1-7H. The number of aromatic nitrogens is 3. The van der Waals surface area contributed by atoms with E-state index in [-0.39, 0.29) is 22.8 Å². The predicted octanol–water partition coefficient (Wildman–Crippen LogP) is 2.21. The van der Waals surface area contributed by atoms with Crippen molar-refractivity contribution in [2.24, 2.45) is 0 Å². The third-order valence-electron chi connectivity index (χ3n) is 2.85. The quantitative estimate of drug-likeness (QED) is 0.538. The molecule has 2 aromatic heterocycles. The molecular weight excluding hydrogens is 278 g/mol. The molecular formula is C12H7N5O4. The highest BCUT2D eigenvalue weighted by molar-refractivity contribution is 5.66. The number of hydrogen-bond acceptors (Lipinski definition) is 6. The van der Waals surface area contributed by atoms with Crippen molar-refractivity contribution in [2.45, 2.75) is 0 Å². The second kappa shape index (κ2) is 4.63. The van der Waals surface area contributed by atoms with Crippen molar-refractivity contribution in [3.8, 4) is 11.4 Å². The van der Waals surface area contributed by atoms with Gasteiger partial charge in [-0.15, -0.1) is 5.10 Å². The van der Waals surface area contributed by atoms with E-state index in [0.717, 1.165) is 0 Å². The molecule has 0 saturated carbocycles. The topological polar surface area (TPSA) is 116 Å². The second-order valence-corrected chi connectivity index (χ2v) is 4.16. The molecule has 0 amide bonds. The number of fused-ring (bicyclic) bond motifs is 1. The molecule has 9 heteroatoms. The van der Waals surface area contributed by atoms with Crippen LogP contribution in [0.15, 0.2) is 42.6 Å². The van der Waals surface area contributed by atoms with Crippen LogP contribution in [0, 0.1) is 20.2 Å². The van der Waals surface area contributed by atoms with Crippen LogP contribution in [0.25, 0.3) is 17.0 Å². The molecule has 0 saturated heterocycles. The molecule has 0 aliphatic carbocycles. The Balaban J connectivity index is 2.18. The molecule has 0 aliphatic rings. The number of nitro groups is 2. The average molecular weight is 285 g/mol. The van der Waals surface area contributed by atoms with Crippen LogP contribution >= 0.6 is 0 Å². The van der Waals surface area contributed by atoms with Crippen LogP contribution in [-0.2, 0) is 0 Å². The van der Waals surface area contributed by atoms with Gasteiger partial charge in [-0.2, -0.15) is 0 Å². The molecule has 3 aromatic rings. The van der Waals surface area contributed by atoms with E-state index in [9.17, 15) is 20.2 Å². The molecule has 0 fully saturated rings. The van der Waals surface area contributed by atoms with Gasteiger partial charge in [-0.1, -0.05) is 12.1 Å². The Labute approximate surface area is 116 Å². The molecule has 0 spiro atoms. The summed E-state index contributed by atoms with van der Waals surface area (Å²) in [5.74, 6) is 0.188. The summed E-state index contributed by atoms with van der Waals surface area (Å²) in [7, 11) is 0. The number of rotatable bonds is 3. The van der Waals surface area contributed by atoms with Crippen LogP contribution in [0.5, 0.6) is 0 Å². The minimum absolute atomic E-state index is 0.0870. The Bertz CT molecular complexity index is 873. The first-order valence-corrected chi connectivity index (χ1v) is 5.81. The first-order chi connectivity index (χ1) is 10.1. The summed E-state index contributed by atoms with van der Waals surface area (Å²) < 4.78 is 1.27. The second-order valence-electron chi connectivity index (χ2n) is 4.16. The van der Waals surface area contributed by atoms with Gasteiger partial charge < -0.3 is 0 Å². The maximum absolute atomic E-state index is 10.9. The summed E-state index contributed by atoms with van der Waals surface area (Å²) in [4.78, 5) is 24.7. The van der Waals surface area contributed by atoms with Gasteiger partial charge in [0.1, 0.15) is 0 Å². The van der Waals surface area contributed by atoms with E-state index < -0.39 is 9.85 Å². The third kappa shape index (κ3) is 2.16. The molecule has 21 heavy (non-hydrogen) atoms. The highest BCUT2D eigenvalue weighted by Crippen LogP contribution is 2.24. The summed E-state index contributed by atoms with van der Waals surface area (Å²) in [5, 5.41) is 25.8. The van der Waals surface area contributed by atoms with Gasteiger partial charge >= 0.3 is 5.69 Å². The molecule has 0 atom stereocenters. The highest BCUT2D eigenvalue weighted by Gasteiger charge is 2.17. The first kappa shape index (κ1) is 12.7. The zero-order valence-electron chi connectivity index (χ0n) is 10.4. The van der Waals surface area contributed by atoms with Gasteiger partial charge in [0.25, 0.3) is 5.69 Å². The van der Waals surface area contributed by atoms with E-state index in [1.54, 1.807) is 6.07 Å². The lowest BCUT2D eigenvalue weighted by Crippen LogP contribution is -1.93. The van der Waals surface area contributed by atoms with Crippen molar-refractivity contribution in [1.82, 2.24) is 14.6 Å². The number of nitrogens with zero attached hydrogens (tertiary/aromatic N) is 5. The first-order valence-electron chi connectivity index (χ1n) is 5.81. The summed E-state index contributed by atoms with van der Waals surface area (Å²) in [6, 6.07) is 8.59. The van der Waals surface area contributed by atoms with Crippen molar-refractivity contribution in [3.05, 3.63) is 62.8 Å². The number of non-ortho nitro benzene ring substituents is 1. The van der Waals surface area contributed by atoms with E-state index in [1.807, 2.05) is 0 Å². The molecule has 0 unspecified atom stereocenters. The Kier molecular flexibility index (Phi) is 2.79. The summed E-state index contributed by atoms with van der Waals surface area (Å²) in [6.07, 6.45) is 1.52. The lowest BCUT2D eigenvalue weighted by atomic mass is 10.2. The smallest absolute Gasteiger partial charge is 0.258 e. The average Bonchev–Trinajstić information content (AvgIpc) is 2.91. The fraction of sp³-hybridized carbons (Fsp3) is 0. The van der Waals surface area contributed by atoms with Gasteiger partial charge in [0.2, 0.25) is 5.65 Å². The number of nitro benzene ring substituents is 1. The highest BCUT2D eigenvalue weighted by atomic mass is 16.6. The normalized spacial score (nSPS) is 10.7. The van der Waals surface area contributed by atoms with Crippen LogP contribution in [0.3, 0.4) is 0 Å². The van der Waals surface area contributed by atoms with Crippen LogP contribution in [-0.4, -0.2) is 24.4 Å². The number of pyridine rings is 1. The molecule has 3 rings (SSSR count). The zero-order valence-corrected chi connectivity index (χ0v) is 10.4. The van der Waals surface area contributed by atoms with Gasteiger partial charge in [-0.25, -0.2) is 9.50 Å². The van der Waals surface area contributed by atoms with E-state index in [1.165, 1.54) is 41.0 Å². The van der Waals surface area contributed by atoms with Crippen molar-refractivity contribution in [2.75, 3.05) is 0 Å².